The van der Waals surface area contributed by atoms with Gasteiger partial charge in [0, 0.05) is 51.6 Å². The minimum absolute atomic E-state index is 0.0943. The van der Waals surface area contributed by atoms with Crippen molar-refractivity contribution in [2.45, 2.75) is 53.4 Å². The largest absolute Gasteiger partial charge is 0.481 e. The number of aliphatic imine (C=N–C) groups is 1. The van der Waals surface area contributed by atoms with Gasteiger partial charge in [-0.1, -0.05) is 25.3 Å². The quantitative estimate of drug-likeness (QED) is 0.273. The van der Waals surface area contributed by atoms with Crippen molar-refractivity contribution in [3.05, 3.63) is 97.6 Å². The van der Waals surface area contributed by atoms with Crippen molar-refractivity contribution in [3.63, 3.8) is 0 Å². The van der Waals surface area contributed by atoms with E-state index in [2.05, 4.69) is 33.4 Å². The normalized spacial score (nSPS) is 16.9. The third-order valence-corrected chi connectivity index (χ3v) is 7.87. The van der Waals surface area contributed by atoms with Crippen molar-refractivity contribution < 1.29 is 29.4 Å². The Morgan fingerprint density at radius 1 is 0.767 bits per heavy atom. The lowest BCUT2D eigenvalue weighted by Gasteiger charge is -2.02. The molecule has 0 spiro atoms. The number of hydrogen-bond donors (Lipinski definition) is 5. The summed E-state index contributed by atoms with van der Waals surface area (Å²) < 4.78 is 0. The summed E-state index contributed by atoms with van der Waals surface area (Å²) in [7, 11) is 0. The van der Waals surface area contributed by atoms with Gasteiger partial charge in [0.15, 0.2) is 0 Å². The lowest BCUT2D eigenvalue weighted by molar-refractivity contribution is -0.138. The first-order valence-electron chi connectivity index (χ1n) is 13.8. The molecule has 4 rings (SSSR count). The summed E-state index contributed by atoms with van der Waals surface area (Å²) in [4.78, 5) is 58.4. The van der Waals surface area contributed by atoms with E-state index in [-0.39, 0.29) is 37.5 Å². The van der Waals surface area contributed by atoms with Gasteiger partial charge in [0.05, 0.1) is 11.4 Å². The molecule has 0 bridgehead atoms. The average molecular weight is 583 g/mol. The van der Waals surface area contributed by atoms with Crippen molar-refractivity contribution in [2.75, 3.05) is 0 Å². The molecule has 0 radical (unpaired) electrons. The molecule has 2 aliphatic heterocycles. The maximum absolute atomic E-state index is 12.3. The van der Waals surface area contributed by atoms with Gasteiger partial charge in [-0.3, -0.25) is 19.2 Å². The predicted octanol–water partition coefficient (Wildman–Crippen LogP) is 3.06. The molecule has 0 atom stereocenters. The van der Waals surface area contributed by atoms with Crippen LogP contribution < -0.4 is 16.0 Å². The number of amides is 2. The van der Waals surface area contributed by atoms with Gasteiger partial charge in [0.2, 0.25) is 0 Å². The third-order valence-electron chi connectivity index (χ3n) is 7.87. The summed E-state index contributed by atoms with van der Waals surface area (Å²) in [6.45, 7) is 14.8. The molecular weight excluding hydrogens is 548 g/mol. The molecule has 0 aliphatic carbocycles. The van der Waals surface area contributed by atoms with E-state index in [0.717, 1.165) is 22.3 Å². The van der Waals surface area contributed by atoms with Crippen LogP contribution in [0.2, 0.25) is 0 Å². The summed E-state index contributed by atoms with van der Waals surface area (Å²) in [5.41, 5.74) is 7.97. The topological polar surface area (TPSA) is 165 Å². The Labute approximate surface area is 248 Å². The molecule has 0 saturated carbocycles. The molecule has 2 amide bonds. The highest BCUT2D eigenvalue weighted by molar-refractivity contribution is 6.31. The van der Waals surface area contributed by atoms with Crippen LogP contribution in [0, 0.1) is 13.8 Å². The zero-order chi connectivity index (χ0) is 31.6. The molecule has 2 aliphatic rings. The minimum atomic E-state index is -0.941. The first-order chi connectivity index (χ1) is 20.4. The van der Waals surface area contributed by atoms with E-state index in [9.17, 15) is 29.4 Å². The van der Waals surface area contributed by atoms with Gasteiger partial charge < -0.3 is 25.5 Å². The highest BCUT2D eigenvalue weighted by Crippen LogP contribution is 2.27. The fourth-order valence-electron chi connectivity index (χ4n) is 5.34. The van der Waals surface area contributed by atoms with Crippen LogP contribution in [0.4, 0.5) is 0 Å². The molecule has 0 fully saturated rings. The van der Waals surface area contributed by atoms with Crippen LogP contribution in [-0.2, 0) is 32.0 Å². The molecule has 43 heavy (non-hydrogen) atoms. The van der Waals surface area contributed by atoms with Crippen LogP contribution in [-0.4, -0.2) is 49.6 Å². The van der Waals surface area contributed by atoms with Crippen molar-refractivity contribution in [1.29, 1.82) is 0 Å². The lowest BCUT2D eigenvalue weighted by atomic mass is 10.0. The highest BCUT2D eigenvalue weighted by atomic mass is 16.4. The van der Waals surface area contributed by atoms with E-state index in [4.69, 9.17) is 0 Å². The third kappa shape index (κ3) is 6.18. The Kier molecular flexibility index (Phi) is 8.80. The molecule has 0 saturated heterocycles. The molecule has 0 aromatic carbocycles. The van der Waals surface area contributed by atoms with Crippen LogP contribution in [0.3, 0.4) is 0 Å². The molecule has 5 N–H and O–H groups in total. The number of H-pyrrole nitrogens is 2. The van der Waals surface area contributed by atoms with E-state index in [0.29, 0.717) is 55.8 Å². The second-order valence-electron chi connectivity index (χ2n) is 10.5. The van der Waals surface area contributed by atoms with Crippen LogP contribution >= 0.6 is 0 Å². The Hall–Kier alpha value is -5.25. The SMILES string of the molecule is C=CC1=C(C)C(C=c2[nH]/c(=C/c3[nH]c(/C=C4\NC(=O)C(C)=C4C=C)c(C)c3CCC(=O)O)c(CCC(=O)O)c2C)=NC1=O. The number of aromatic nitrogens is 2. The van der Waals surface area contributed by atoms with E-state index < -0.39 is 11.9 Å². The summed E-state index contributed by atoms with van der Waals surface area (Å²) >= 11 is 0. The maximum atomic E-state index is 12.3. The van der Waals surface area contributed by atoms with Gasteiger partial charge in [-0.2, -0.15) is 0 Å². The molecule has 0 unspecified atom stereocenters. The van der Waals surface area contributed by atoms with Crippen LogP contribution in [0.5, 0.6) is 0 Å². The highest BCUT2D eigenvalue weighted by Gasteiger charge is 2.23. The van der Waals surface area contributed by atoms with E-state index >= 15 is 0 Å². The van der Waals surface area contributed by atoms with Crippen LogP contribution in [0.15, 0.2) is 58.3 Å². The Morgan fingerprint density at radius 3 is 1.98 bits per heavy atom. The van der Waals surface area contributed by atoms with Crippen molar-refractivity contribution in [2.24, 2.45) is 4.99 Å². The number of aliphatic carboxylic acids is 2. The zero-order valence-corrected chi connectivity index (χ0v) is 24.6. The molecule has 2 aromatic rings. The first kappa shape index (κ1) is 30.7. The minimum Gasteiger partial charge on any atom is -0.481 e. The fraction of sp³-hybridized carbons (Fsp3) is 0.242. The molecule has 4 heterocycles. The molecule has 10 heteroatoms. The standard InChI is InChI=1S/C33H34N4O6/c1-7-20-19(6)32(42)37-27(20)14-25-18(5)23(10-12-31(40)41)29(35-25)15-28-22(9-11-30(38)39)17(4)24(34-28)13-26-16(3)21(8-2)33(43)36-26/h7-8,13-15,34-35H,1-2,9-12H2,3-6H3,(H,37,42)(H,38,39)(H,40,41)/b24-13?,27-14-,28-15+. The number of carboxylic acid groups (broad SMARTS) is 2. The number of hydrogen-bond acceptors (Lipinski definition) is 4. The predicted molar refractivity (Wildman–Crippen MR) is 165 cm³/mol. The average Bonchev–Trinajstić information content (AvgIpc) is 3.59. The monoisotopic (exact) mass is 582 g/mol. The smallest absolute Gasteiger partial charge is 0.303 e. The van der Waals surface area contributed by atoms with Gasteiger partial charge in [0.25, 0.3) is 11.8 Å². The van der Waals surface area contributed by atoms with Gasteiger partial charge in [-0.05, 0) is 86.6 Å². The van der Waals surface area contributed by atoms with E-state index in [1.54, 1.807) is 32.1 Å². The molecular formula is C33H34N4O6. The molecule has 10 nitrogen and oxygen atoms in total. The van der Waals surface area contributed by atoms with Crippen LogP contribution in [0.25, 0.3) is 18.2 Å². The van der Waals surface area contributed by atoms with Gasteiger partial charge in [-0.15, -0.1) is 0 Å². The number of carbonyl (C=O) groups excluding carboxylic acids is 2. The van der Waals surface area contributed by atoms with Gasteiger partial charge in [0.1, 0.15) is 0 Å². The van der Waals surface area contributed by atoms with E-state index in [1.165, 1.54) is 6.08 Å². The van der Waals surface area contributed by atoms with Gasteiger partial charge >= 0.3 is 11.9 Å². The van der Waals surface area contributed by atoms with E-state index in [1.807, 2.05) is 19.9 Å². The second-order valence-corrected chi connectivity index (χ2v) is 10.5. The van der Waals surface area contributed by atoms with Crippen molar-refractivity contribution in [3.8, 4) is 0 Å². The number of allylic oxidation sites excluding steroid dienone is 2. The molecule has 2 aromatic heterocycles. The maximum Gasteiger partial charge on any atom is 0.303 e. The van der Waals surface area contributed by atoms with Crippen LogP contribution in [0.1, 0.15) is 60.3 Å². The summed E-state index contributed by atoms with van der Waals surface area (Å²) in [5, 5.41) is 23.0. The second kappa shape index (κ2) is 12.3. The Balaban J connectivity index is 1.92. The van der Waals surface area contributed by atoms with Gasteiger partial charge in [-0.25, -0.2) is 4.99 Å². The fourth-order valence-corrected chi connectivity index (χ4v) is 5.34. The lowest BCUT2D eigenvalue weighted by Crippen LogP contribution is -2.15. The first-order valence-corrected chi connectivity index (χ1v) is 13.8. The van der Waals surface area contributed by atoms with Crippen molar-refractivity contribution in [1.82, 2.24) is 15.3 Å². The number of carbonyl (C=O) groups is 4. The zero-order valence-electron chi connectivity index (χ0n) is 24.6. The Bertz CT molecular complexity index is 1860. The number of nitrogens with zero attached hydrogens (tertiary/aromatic N) is 1. The van der Waals surface area contributed by atoms with Crippen molar-refractivity contribution >= 4 is 47.7 Å². The summed E-state index contributed by atoms with van der Waals surface area (Å²) in [6.07, 6.45) is 8.80. The number of rotatable bonds is 11. The number of nitrogens with one attached hydrogen (secondary N) is 3. The Morgan fingerprint density at radius 2 is 1.40 bits per heavy atom. The molecule has 222 valence electrons. The summed E-state index contributed by atoms with van der Waals surface area (Å²) in [5.74, 6) is -2.46. The number of carboxylic acids is 2. The summed E-state index contributed by atoms with van der Waals surface area (Å²) in [6, 6.07) is 0. The number of aromatic amines is 2.